The van der Waals surface area contributed by atoms with E-state index in [4.69, 9.17) is 12.2 Å². The molecule has 1 atom stereocenters. The summed E-state index contributed by atoms with van der Waals surface area (Å²) in [5.74, 6) is 1.00. The van der Waals surface area contributed by atoms with Crippen molar-refractivity contribution in [2.24, 2.45) is 10.9 Å². The number of hydrogen-bond donors (Lipinski definition) is 1. The van der Waals surface area contributed by atoms with E-state index in [-0.39, 0.29) is 0 Å². The molecule has 0 spiro atoms. The van der Waals surface area contributed by atoms with Crippen LogP contribution in [0.4, 0.5) is 5.69 Å². The molecule has 0 radical (unpaired) electrons. The minimum atomic E-state index is -1.23. The summed E-state index contributed by atoms with van der Waals surface area (Å²) in [6.07, 6.45) is 0. The van der Waals surface area contributed by atoms with Gasteiger partial charge < -0.3 is 14.8 Å². The highest BCUT2D eigenvalue weighted by atomic mass is 32.2. The first-order valence-electron chi connectivity index (χ1n) is 7.79. The number of benzene rings is 1. The van der Waals surface area contributed by atoms with Crippen LogP contribution in [0.5, 0.6) is 0 Å². The molecule has 1 aliphatic rings. The predicted octanol–water partition coefficient (Wildman–Crippen LogP) is 3.09. The molecule has 1 unspecified atom stereocenters. The molecule has 0 aromatic heterocycles. The molecule has 1 aromatic carbocycles. The van der Waals surface area contributed by atoms with Crippen LogP contribution in [-0.2, 0) is 16.9 Å². The first-order valence-corrected chi connectivity index (χ1v) is 9.52. The lowest BCUT2D eigenvalue weighted by Crippen LogP contribution is -2.44. The molecule has 6 heteroatoms. The van der Waals surface area contributed by atoms with Crippen molar-refractivity contribution >= 4 is 39.2 Å². The summed E-state index contributed by atoms with van der Waals surface area (Å²) < 4.78 is 12.7. The Balaban J connectivity index is 2.15. The van der Waals surface area contributed by atoms with Gasteiger partial charge in [-0.15, -0.1) is 0 Å². The number of nitrogens with zero attached hydrogens (tertiary/aromatic N) is 2. The monoisotopic (exact) mass is 351 g/mol. The Morgan fingerprint density at radius 2 is 2.00 bits per heavy atom. The Morgan fingerprint density at radius 1 is 1.35 bits per heavy atom. The van der Waals surface area contributed by atoms with Crippen molar-refractivity contribution in [2.45, 2.75) is 39.0 Å². The number of aliphatic imine (C=N–C) groups is 1. The van der Waals surface area contributed by atoms with Crippen molar-refractivity contribution in [3.05, 3.63) is 29.8 Å². The first-order chi connectivity index (χ1) is 10.7. The van der Waals surface area contributed by atoms with Gasteiger partial charge in [0, 0.05) is 36.0 Å². The zero-order chi connectivity index (χ0) is 17.2. The fraction of sp³-hybridized carbons (Fsp3) is 0.529. The molecule has 0 bridgehead atoms. The normalized spacial score (nSPS) is 17.9. The Morgan fingerprint density at radius 3 is 2.57 bits per heavy atom. The fourth-order valence-electron chi connectivity index (χ4n) is 2.55. The summed E-state index contributed by atoms with van der Waals surface area (Å²) in [5, 5.41) is 3.66. The smallest absolute Gasteiger partial charge is 0.318 e. The summed E-state index contributed by atoms with van der Waals surface area (Å²) in [6, 6.07) is 8.11. The van der Waals surface area contributed by atoms with Crippen molar-refractivity contribution in [1.82, 2.24) is 5.32 Å². The molecule has 0 saturated carbocycles. The van der Waals surface area contributed by atoms with Crippen LogP contribution < -0.4 is 10.2 Å². The molecule has 4 nitrogen and oxygen atoms in total. The maximum Gasteiger partial charge on any atom is 0.318 e. The molecule has 126 valence electrons. The molecule has 2 rings (SSSR count). The maximum atomic E-state index is 12.7. The number of anilines is 1. The zero-order valence-corrected chi connectivity index (χ0v) is 16.1. The lowest BCUT2D eigenvalue weighted by molar-refractivity contribution is 0.598. The van der Waals surface area contributed by atoms with Gasteiger partial charge in [-0.1, -0.05) is 44.3 Å². The van der Waals surface area contributed by atoms with E-state index in [2.05, 4.69) is 42.2 Å². The third-order valence-electron chi connectivity index (χ3n) is 3.70. The van der Waals surface area contributed by atoms with Crippen LogP contribution in [0.25, 0.3) is 0 Å². The van der Waals surface area contributed by atoms with Crippen molar-refractivity contribution in [3.8, 4) is 0 Å². The van der Waals surface area contributed by atoms with Crippen LogP contribution in [-0.4, -0.2) is 33.8 Å². The number of amidine groups is 1. The Kier molecular flexibility index (Phi) is 5.70. The van der Waals surface area contributed by atoms with Gasteiger partial charge in [0.2, 0.25) is 0 Å². The van der Waals surface area contributed by atoms with Gasteiger partial charge in [-0.2, -0.15) is 4.99 Å². The SMILES string of the molecule is CC(C)CN(C)c1ccccc1C[S+]([O-])C1=NC(=S)C(C)(C)N1. The van der Waals surface area contributed by atoms with Crippen molar-refractivity contribution in [1.29, 1.82) is 0 Å². The van der Waals surface area contributed by atoms with E-state index in [1.54, 1.807) is 0 Å². The molecule has 0 saturated heterocycles. The summed E-state index contributed by atoms with van der Waals surface area (Å²) in [5.41, 5.74) is 1.79. The summed E-state index contributed by atoms with van der Waals surface area (Å²) >= 11 is 4.01. The number of thiocarbonyl (C=S) groups is 1. The quantitative estimate of drug-likeness (QED) is 0.654. The van der Waals surface area contributed by atoms with Crippen molar-refractivity contribution in [2.75, 3.05) is 18.5 Å². The molecule has 1 aliphatic heterocycles. The highest BCUT2D eigenvalue weighted by Crippen LogP contribution is 2.24. The average Bonchev–Trinajstić information content (AvgIpc) is 2.72. The Bertz CT molecular complexity index is 614. The minimum absolute atomic E-state index is 0.395. The third kappa shape index (κ3) is 4.46. The van der Waals surface area contributed by atoms with Crippen LogP contribution in [0.3, 0.4) is 0 Å². The van der Waals surface area contributed by atoms with Crippen molar-refractivity contribution in [3.63, 3.8) is 0 Å². The van der Waals surface area contributed by atoms with Gasteiger partial charge in [0.15, 0.2) is 0 Å². The highest BCUT2D eigenvalue weighted by molar-refractivity contribution is 8.05. The Labute approximate surface area is 147 Å². The minimum Gasteiger partial charge on any atom is -0.609 e. The first kappa shape index (κ1) is 18.2. The van der Waals surface area contributed by atoms with Crippen molar-refractivity contribution < 1.29 is 4.55 Å². The number of hydrogen-bond acceptors (Lipinski definition) is 4. The van der Waals surface area contributed by atoms with E-state index in [1.807, 2.05) is 32.0 Å². The topological polar surface area (TPSA) is 50.7 Å². The maximum absolute atomic E-state index is 12.7. The van der Waals surface area contributed by atoms with E-state index < -0.39 is 16.7 Å². The van der Waals surface area contributed by atoms with E-state index in [0.29, 0.717) is 21.8 Å². The number of nitrogens with one attached hydrogen (secondary N) is 1. The Hall–Kier alpha value is -1.11. The molecular formula is C17H25N3OS2. The molecule has 23 heavy (non-hydrogen) atoms. The second-order valence-electron chi connectivity index (χ2n) is 6.87. The second kappa shape index (κ2) is 7.20. The fourth-order valence-corrected chi connectivity index (χ4v) is 3.97. The third-order valence-corrected chi connectivity index (χ3v) is 5.50. The van der Waals surface area contributed by atoms with Gasteiger partial charge in [-0.3, -0.25) is 0 Å². The van der Waals surface area contributed by atoms with Crippen LogP contribution in [0.2, 0.25) is 0 Å². The molecule has 0 fully saturated rings. The van der Waals surface area contributed by atoms with Gasteiger partial charge in [0.1, 0.15) is 10.7 Å². The van der Waals surface area contributed by atoms with Crippen LogP contribution >= 0.6 is 12.2 Å². The predicted molar refractivity (Wildman–Crippen MR) is 104 cm³/mol. The number of rotatable bonds is 5. The van der Waals surface area contributed by atoms with Crippen LogP contribution in [0.15, 0.2) is 29.3 Å². The van der Waals surface area contributed by atoms with Gasteiger partial charge in [-0.05, 0) is 25.8 Å². The molecule has 1 N–H and O–H groups in total. The highest BCUT2D eigenvalue weighted by Gasteiger charge is 2.37. The lowest BCUT2D eigenvalue weighted by Gasteiger charge is -2.24. The molecule has 1 aromatic rings. The van der Waals surface area contributed by atoms with E-state index in [1.165, 1.54) is 0 Å². The number of para-hydroxylation sites is 1. The van der Waals surface area contributed by atoms with Crippen LogP contribution in [0.1, 0.15) is 33.3 Å². The van der Waals surface area contributed by atoms with Crippen LogP contribution in [0, 0.1) is 5.92 Å². The lowest BCUT2D eigenvalue weighted by atomic mass is 10.1. The summed E-state index contributed by atoms with van der Waals surface area (Å²) in [7, 11) is 2.07. The largest absolute Gasteiger partial charge is 0.609 e. The van der Waals surface area contributed by atoms with E-state index >= 15 is 0 Å². The standard InChI is InChI=1S/C17H25N3OS2/c1-12(2)10-20(5)14-9-7-6-8-13(14)11-23(21)16-18-15(22)17(3,4)19-16/h6-9,12H,10-11H2,1-5H3,(H,18,19,22). The van der Waals surface area contributed by atoms with Gasteiger partial charge in [0.25, 0.3) is 0 Å². The van der Waals surface area contributed by atoms with E-state index in [0.717, 1.165) is 17.8 Å². The summed E-state index contributed by atoms with van der Waals surface area (Å²) in [4.78, 5) is 7.06. The average molecular weight is 352 g/mol. The van der Waals surface area contributed by atoms with Gasteiger partial charge in [-0.25, -0.2) is 0 Å². The summed E-state index contributed by atoms with van der Waals surface area (Å²) in [6.45, 7) is 9.25. The van der Waals surface area contributed by atoms with Gasteiger partial charge >= 0.3 is 5.17 Å². The molecule has 0 aliphatic carbocycles. The molecule has 0 amide bonds. The van der Waals surface area contributed by atoms with E-state index in [9.17, 15) is 4.55 Å². The zero-order valence-electron chi connectivity index (χ0n) is 14.4. The second-order valence-corrected chi connectivity index (χ2v) is 8.62. The van der Waals surface area contributed by atoms with Gasteiger partial charge in [0.05, 0.1) is 5.54 Å². The molecule has 1 heterocycles. The molecular weight excluding hydrogens is 326 g/mol.